The average molecular weight is 670 g/mol. The normalized spacial score (nSPS) is 11.5. The average Bonchev–Trinajstić information content (AvgIpc) is 3.07. The maximum absolute atomic E-state index is 2.49. The first-order valence-electron chi connectivity index (χ1n) is 14.7. The van der Waals surface area contributed by atoms with E-state index >= 15 is 0 Å². The third kappa shape index (κ3) is 7.12. The predicted octanol–water partition coefficient (Wildman–Crippen LogP) is 6.09. The Hall–Kier alpha value is -2.85. The summed E-state index contributed by atoms with van der Waals surface area (Å²) in [5.41, 5.74) is 0. The molecular weight excluding hydrogens is 634 g/mol. The van der Waals surface area contributed by atoms with Gasteiger partial charge in [0.15, 0.2) is 0 Å². The van der Waals surface area contributed by atoms with Gasteiger partial charge in [-0.3, -0.25) is 0 Å². The Morgan fingerprint density at radius 2 is 0.651 bits per heavy atom. The molecule has 0 amide bonds. The van der Waals surface area contributed by atoms with Gasteiger partial charge in [0.25, 0.3) is 0 Å². The van der Waals surface area contributed by atoms with Crippen molar-refractivity contribution in [1.29, 1.82) is 0 Å². The van der Waals surface area contributed by atoms with E-state index in [1.54, 1.807) is 19.4 Å². The van der Waals surface area contributed by atoms with E-state index in [4.69, 9.17) is 0 Å². The molecule has 0 heterocycles. The van der Waals surface area contributed by atoms with Crippen molar-refractivity contribution in [3.05, 3.63) is 170 Å². The van der Waals surface area contributed by atoms with Crippen molar-refractivity contribution in [2.75, 3.05) is 18.3 Å². The topological polar surface area (TPSA) is 0 Å². The molecule has 6 aromatic rings. The zero-order valence-electron chi connectivity index (χ0n) is 24.7. The zero-order valence-corrected chi connectivity index (χ0v) is 29.5. The molecule has 6 rings (SSSR count). The van der Waals surface area contributed by atoms with Crippen LogP contribution in [0.25, 0.3) is 0 Å². The molecule has 0 saturated heterocycles. The van der Waals surface area contributed by atoms with Crippen molar-refractivity contribution < 1.29 is 0 Å². The van der Waals surface area contributed by atoms with Crippen LogP contribution >= 0.6 is 23.8 Å². The monoisotopic (exact) mass is 671 g/mol. The van der Waals surface area contributed by atoms with Gasteiger partial charge in [-0.05, 0) is 0 Å². The molecule has 0 N–H and O–H groups in total. The zero-order chi connectivity index (χ0) is 29.4. The van der Waals surface area contributed by atoms with Crippen LogP contribution in [0.4, 0.5) is 0 Å². The fourth-order valence-electron chi connectivity index (χ4n) is 5.64. The van der Waals surface area contributed by atoms with E-state index in [0.717, 1.165) is 0 Å². The summed E-state index contributed by atoms with van der Waals surface area (Å²) in [7, 11) is -1.43. The quantitative estimate of drug-likeness (QED) is 0.122. The van der Waals surface area contributed by atoms with Gasteiger partial charge < -0.3 is 0 Å². The molecule has 6 aromatic carbocycles. The molecule has 1 radical (unpaired) electrons. The van der Waals surface area contributed by atoms with Gasteiger partial charge in [-0.25, -0.2) is 0 Å². The first kappa shape index (κ1) is 30.2. The molecule has 0 unspecified atom stereocenters. The minimum absolute atomic E-state index is 0.0789. The molecular formula is C39H36GeP3. The van der Waals surface area contributed by atoms with Gasteiger partial charge >= 0.3 is 267 Å². The second kappa shape index (κ2) is 14.8. The molecule has 4 heteroatoms. The summed E-state index contributed by atoms with van der Waals surface area (Å²) in [6, 6.07) is 63.8. The van der Waals surface area contributed by atoms with Crippen molar-refractivity contribution in [3.8, 4) is 0 Å². The van der Waals surface area contributed by atoms with E-state index in [9.17, 15) is 0 Å². The summed E-state index contributed by atoms with van der Waals surface area (Å²) >= 11 is -2.02. The minimum atomic E-state index is -2.02. The predicted molar refractivity (Wildman–Crippen MR) is 199 cm³/mol. The van der Waals surface area contributed by atoms with Crippen LogP contribution in [0.15, 0.2) is 170 Å². The van der Waals surface area contributed by atoms with Crippen LogP contribution in [0.1, 0.15) is 0 Å². The summed E-state index contributed by atoms with van der Waals surface area (Å²) in [6.45, 7) is 4.95. The molecule has 0 aliphatic rings. The molecule has 0 aliphatic carbocycles. The van der Waals surface area contributed by atoms with Crippen LogP contribution in [-0.2, 0) is 0 Å². The van der Waals surface area contributed by atoms with Crippen LogP contribution in [-0.4, -0.2) is 32.7 Å². The number of rotatable bonds is 10. The van der Waals surface area contributed by atoms with E-state index in [1.807, 2.05) is 0 Å². The third-order valence-corrected chi connectivity index (χ3v) is 24.8. The standard InChI is InChI=1S/C39H36GeP3/c1-41(2)31-40(36-27-15-17-29-38(36)42(32-19-7-3-8-20-32)33-21-9-4-10-22-33)37-28-16-18-30-39(37)43(34-23-11-5-12-24-34)35-25-13-6-14-26-35/h3-30H,31H2,1-2H3. The van der Waals surface area contributed by atoms with Crippen LogP contribution in [0, 0.1) is 0 Å². The van der Waals surface area contributed by atoms with Gasteiger partial charge in [0.1, 0.15) is 0 Å². The van der Waals surface area contributed by atoms with Crippen LogP contribution in [0.5, 0.6) is 0 Å². The summed E-state index contributed by atoms with van der Waals surface area (Å²) in [5.74, 6) is 0. The molecule has 211 valence electrons. The van der Waals surface area contributed by atoms with Crippen LogP contribution < -0.4 is 40.6 Å². The second-order valence-electron chi connectivity index (χ2n) is 10.8. The van der Waals surface area contributed by atoms with E-state index in [-0.39, 0.29) is 7.92 Å². The van der Waals surface area contributed by atoms with E-state index in [1.165, 1.54) is 26.2 Å². The first-order valence-corrected chi connectivity index (χ1v) is 23.4. The molecule has 0 aliphatic heterocycles. The van der Waals surface area contributed by atoms with Gasteiger partial charge in [0, 0.05) is 0 Å². The summed E-state index contributed by atoms with van der Waals surface area (Å²) < 4.78 is 3.28. The second-order valence-corrected chi connectivity index (χ2v) is 23.9. The SMILES string of the molecule is CP(C)[CH2][Ge]([c]1ccccc1P(c1ccccc1)c1ccccc1)[c]1ccccc1P(c1ccccc1)c1ccccc1. The van der Waals surface area contributed by atoms with Crippen molar-refractivity contribution in [1.82, 2.24) is 0 Å². The van der Waals surface area contributed by atoms with Crippen LogP contribution in [0.3, 0.4) is 0 Å². The van der Waals surface area contributed by atoms with Crippen molar-refractivity contribution in [2.24, 2.45) is 0 Å². The van der Waals surface area contributed by atoms with Gasteiger partial charge in [-0.1, -0.05) is 0 Å². The van der Waals surface area contributed by atoms with Gasteiger partial charge in [-0.15, -0.1) is 0 Å². The van der Waals surface area contributed by atoms with Gasteiger partial charge in [0.05, 0.1) is 0 Å². The Kier molecular flexibility index (Phi) is 10.4. The van der Waals surface area contributed by atoms with E-state index in [2.05, 4.69) is 183 Å². The maximum atomic E-state index is 2.49. The van der Waals surface area contributed by atoms with Gasteiger partial charge in [-0.2, -0.15) is 0 Å². The Balaban J connectivity index is 1.57. The van der Waals surface area contributed by atoms with Crippen molar-refractivity contribution in [2.45, 2.75) is 0 Å². The Morgan fingerprint density at radius 3 is 0.953 bits per heavy atom. The number of hydrogen-bond acceptors (Lipinski definition) is 0. The fourth-order valence-corrected chi connectivity index (χ4v) is 23.7. The first-order chi connectivity index (χ1) is 21.2. The molecule has 0 fully saturated rings. The van der Waals surface area contributed by atoms with E-state index in [0.29, 0.717) is 0 Å². The summed E-state index contributed by atoms with van der Waals surface area (Å²) in [5, 5.41) is 8.78. The Bertz CT molecular complexity index is 1520. The molecule has 43 heavy (non-hydrogen) atoms. The molecule has 0 spiro atoms. The molecule has 0 aromatic heterocycles. The number of benzene rings is 6. The van der Waals surface area contributed by atoms with Crippen LogP contribution in [0.2, 0.25) is 0 Å². The van der Waals surface area contributed by atoms with Crippen molar-refractivity contribution in [3.63, 3.8) is 0 Å². The summed E-state index contributed by atoms with van der Waals surface area (Å²) in [4.78, 5) is 1.32. The Labute approximate surface area is 265 Å². The molecule has 0 saturated carbocycles. The van der Waals surface area contributed by atoms with E-state index < -0.39 is 30.2 Å². The third-order valence-electron chi connectivity index (χ3n) is 7.47. The number of hydrogen-bond donors (Lipinski definition) is 0. The molecule has 0 nitrogen and oxygen atoms in total. The fraction of sp³-hybridized carbons (Fsp3) is 0.0769. The summed E-state index contributed by atoms with van der Waals surface area (Å²) in [6.07, 6.45) is 0. The van der Waals surface area contributed by atoms with Crippen molar-refractivity contribution >= 4 is 78.7 Å². The van der Waals surface area contributed by atoms with Gasteiger partial charge in [0.2, 0.25) is 0 Å². The Morgan fingerprint density at radius 1 is 0.372 bits per heavy atom. The molecule has 0 atom stereocenters. The molecule has 0 bridgehead atoms.